The average Bonchev–Trinajstić information content (AvgIpc) is 2.84. The summed E-state index contributed by atoms with van der Waals surface area (Å²) in [6, 6.07) is 4.44. The van der Waals surface area contributed by atoms with Gasteiger partial charge in [-0.05, 0) is 19.1 Å². The lowest BCUT2D eigenvalue weighted by Gasteiger charge is -2.21. The molecular weight excluding hydrogens is 397 g/mol. The number of benzene rings is 1. The second-order valence-corrected chi connectivity index (χ2v) is 6.62. The van der Waals surface area contributed by atoms with E-state index in [1.165, 1.54) is 31.0 Å². The minimum Gasteiger partial charge on any atom is -0.451 e. The van der Waals surface area contributed by atoms with Crippen molar-refractivity contribution >= 4 is 46.9 Å². The van der Waals surface area contributed by atoms with Crippen molar-refractivity contribution in [2.75, 3.05) is 20.1 Å². The number of halogens is 2. The zero-order valence-electron chi connectivity index (χ0n) is 14.5. The van der Waals surface area contributed by atoms with Crippen molar-refractivity contribution in [2.24, 2.45) is 0 Å². The van der Waals surface area contributed by atoms with Crippen LogP contribution in [0.1, 0.15) is 34.1 Å². The van der Waals surface area contributed by atoms with Gasteiger partial charge in [-0.2, -0.15) is 5.26 Å². The van der Waals surface area contributed by atoms with E-state index < -0.39 is 36.3 Å². The standard InChI is InChI=1S/C17H15Cl2N3O5/c1-9(15(24)21(2)5-3-4-20)27-14(23)8-22-16(25)10-6-12(18)13(19)7-11(10)17(22)26/h6-7,9H,3,5,8H2,1-2H3/t9-/m1/s1. The molecule has 2 rings (SSSR count). The van der Waals surface area contributed by atoms with Crippen molar-refractivity contribution in [3.05, 3.63) is 33.3 Å². The van der Waals surface area contributed by atoms with E-state index in [-0.39, 0.29) is 34.1 Å². The van der Waals surface area contributed by atoms with E-state index in [1.54, 1.807) is 0 Å². The molecule has 142 valence electrons. The molecule has 0 spiro atoms. The second kappa shape index (κ2) is 8.37. The molecule has 0 aromatic heterocycles. The third kappa shape index (κ3) is 4.38. The number of carbonyl (C=O) groups excluding carboxylic acids is 4. The number of nitrogens with zero attached hydrogens (tertiary/aromatic N) is 3. The van der Waals surface area contributed by atoms with E-state index in [2.05, 4.69) is 0 Å². The Labute approximate surface area is 165 Å². The highest BCUT2D eigenvalue weighted by molar-refractivity contribution is 6.43. The van der Waals surface area contributed by atoms with Crippen molar-refractivity contribution < 1.29 is 23.9 Å². The highest BCUT2D eigenvalue weighted by Crippen LogP contribution is 2.31. The molecule has 8 nitrogen and oxygen atoms in total. The third-order valence-corrected chi connectivity index (χ3v) is 4.61. The molecule has 0 saturated carbocycles. The summed E-state index contributed by atoms with van der Waals surface area (Å²) in [6.45, 7) is 0.906. The molecule has 1 aromatic rings. The van der Waals surface area contributed by atoms with Crippen LogP contribution in [0.2, 0.25) is 10.0 Å². The second-order valence-electron chi connectivity index (χ2n) is 5.81. The summed E-state index contributed by atoms with van der Waals surface area (Å²) in [5.74, 6) is -2.82. The highest BCUT2D eigenvalue weighted by Gasteiger charge is 2.38. The first kappa shape index (κ1) is 20.7. The van der Waals surface area contributed by atoms with Crippen molar-refractivity contribution in [1.82, 2.24) is 9.80 Å². The number of ether oxygens (including phenoxy) is 1. The fourth-order valence-corrected chi connectivity index (χ4v) is 2.81. The lowest BCUT2D eigenvalue weighted by Crippen LogP contribution is -2.41. The maximum Gasteiger partial charge on any atom is 0.326 e. The van der Waals surface area contributed by atoms with E-state index in [9.17, 15) is 19.2 Å². The number of fused-ring (bicyclic) bond motifs is 1. The van der Waals surface area contributed by atoms with Crippen LogP contribution in [0.3, 0.4) is 0 Å². The molecule has 0 radical (unpaired) electrons. The molecule has 1 heterocycles. The van der Waals surface area contributed by atoms with Gasteiger partial charge < -0.3 is 9.64 Å². The minimum absolute atomic E-state index is 0.0440. The normalized spacial score (nSPS) is 13.8. The van der Waals surface area contributed by atoms with Gasteiger partial charge in [0.1, 0.15) is 6.54 Å². The maximum absolute atomic E-state index is 12.3. The van der Waals surface area contributed by atoms with Crippen molar-refractivity contribution in [2.45, 2.75) is 19.4 Å². The Bertz CT molecular complexity index is 824. The van der Waals surface area contributed by atoms with Gasteiger partial charge in [0, 0.05) is 13.6 Å². The molecule has 27 heavy (non-hydrogen) atoms. The Balaban J connectivity index is 2.02. The SMILES string of the molecule is C[C@@H](OC(=O)CN1C(=O)c2cc(Cl)c(Cl)cc2C1=O)C(=O)N(C)CCC#N. The van der Waals surface area contributed by atoms with Crippen molar-refractivity contribution in [3.63, 3.8) is 0 Å². The summed E-state index contributed by atoms with van der Waals surface area (Å²) in [5.41, 5.74) is 0.0881. The number of amides is 3. The van der Waals surface area contributed by atoms with Crippen LogP contribution in [0, 0.1) is 11.3 Å². The molecule has 0 unspecified atom stereocenters. The monoisotopic (exact) mass is 411 g/mol. The molecule has 1 aromatic carbocycles. The van der Waals surface area contributed by atoms with Gasteiger partial charge in [-0.1, -0.05) is 23.2 Å². The zero-order chi connectivity index (χ0) is 20.3. The Morgan fingerprint density at radius 1 is 1.22 bits per heavy atom. The van der Waals surface area contributed by atoms with Crippen LogP contribution >= 0.6 is 23.2 Å². The van der Waals surface area contributed by atoms with Gasteiger partial charge in [0.15, 0.2) is 6.10 Å². The smallest absolute Gasteiger partial charge is 0.326 e. The van der Waals surface area contributed by atoms with Gasteiger partial charge in [0.2, 0.25) is 0 Å². The predicted molar refractivity (Wildman–Crippen MR) is 95.3 cm³/mol. The number of nitriles is 1. The third-order valence-electron chi connectivity index (χ3n) is 3.89. The molecule has 1 atom stereocenters. The Hall–Kier alpha value is -2.63. The number of imide groups is 1. The van der Waals surface area contributed by atoms with Crippen LogP contribution in [0.4, 0.5) is 0 Å². The van der Waals surface area contributed by atoms with Crippen molar-refractivity contribution in [3.8, 4) is 6.07 Å². The van der Waals surface area contributed by atoms with Crippen LogP contribution in [0.15, 0.2) is 12.1 Å². The minimum atomic E-state index is -1.12. The summed E-state index contributed by atoms with van der Waals surface area (Å²) in [7, 11) is 1.47. The van der Waals surface area contributed by atoms with Gasteiger partial charge in [-0.3, -0.25) is 24.1 Å². The fraction of sp³-hybridized carbons (Fsp3) is 0.353. The van der Waals surface area contributed by atoms with Crippen LogP contribution < -0.4 is 0 Å². The van der Waals surface area contributed by atoms with Crippen LogP contribution in [-0.2, 0) is 14.3 Å². The Kier molecular flexibility index (Phi) is 6.41. The van der Waals surface area contributed by atoms with Gasteiger partial charge >= 0.3 is 5.97 Å². The summed E-state index contributed by atoms with van der Waals surface area (Å²) in [6.07, 6.45) is -0.983. The van der Waals surface area contributed by atoms with E-state index in [0.717, 1.165) is 0 Å². The van der Waals surface area contributed by atoms with E-state index in [1.807, 2.05) is 6.07 Å². The van der Waals surface area contributed by atoms with Crippen LogP contribution in [0.5, 0.6) is 0 Å². The number of hydrogen-bond donors (Lipinski definition) is 0. The van der Waals surface area contributed by atoms with Gasteiger partial charge in [0.05, 0.1) is 33.7 Å². The first-order valence-electron chi connectivity index (χ1n) is 7.84. The molecule has 10 heteroatoms. The topological polar surface area (TPSA) is 108 Å². The predicted octanol–water partition coefficient (Wildman–Crippen LogP) is 1.89. The molecule has 0 N–H and O–H groups in total. The van der Waals surface area contributed by atoms with Gasteiger partial charge in [-0.25, -0.2) is 0 Å². The molecule has 0 fully saturated rings. The lowest BCUT2D eigenvalue weighted by atomic mass is 10.1. The number of hydrogen-bond acceptors (Lipinski definition) is 6. The maximum atomic E-state index is 12.3. The molecule has 0 bridgehead atoms. The largest absolute Gasteiger partial charge is 0.451 e. The Morgan fingerprint density at radius 2 is 1.74 bits per heavy atom. The average molecular weight is 412 g/mol. The summed E-state index contributed by atoms with van der Waals surface area (Å²) in [4.78, 5) is 50.8. The van der Waals surface area contributed by atoms with E-state index in [4.69, 9.17) is 33.2 Å². The first-order chi connectivity index (χ1) is 12.7. The summed E-state index contributed by atoms with van der Waals surface area (Å²) < 4.78 is 5.01. The highest BCUT2D eigenvalue weighted by atomic mass is 35.5. The molecule has 1 aliphatic rings. The molecule has 0 aliphatic carbocycles. The number of carbonyl (C=O) groups is 4. The van der Waals surface area contributed by atoms with E-state index >= 15 is 0 Å². The fourth-order valence-electron chi connectivity index (χ4n) is 2.48. The van der Waals surface area contributed by atoms with Crippen LogP contribution in [0.25, 0.3) is 0 Å². The first-order valence-corrected chi connectivity index (χ1v) is 8.59. The summed E-state index contributed by atoms with van der Waals surface area (Å²) in [5, 5.41) is 8.76. The van der Waals surface area contributed by atoms with Gasteiger partial charge in [-0.15, -0.1) is 0 Å². The molecule has 0 saturated heterocycles. The molecular formula is C17H15Cl2N3O5. The summed E-state index contributed by atoms with van der Waals surface area (Å²) >= 11 is 11.7. The van der Waals surface area contributed by atoms with E-state index in [0.29, 0.717) is 4.90 Å². The van der Waals surface area contributed by atoms with Gasteiger partial charge in [0.25, 0.3) is 17.7 Å². The zero-order valence-corrected chi connectivity index (χ0v) is 16.0. The number of likely N-dealkylation sites (N-methyl/N-ethyl adjacent to an activating group) is 1. The number of rotatable bonds is 6. The molecule has 1 aliphatic heterocycles. The molecule has 3 amide bonds. The quantitative estimate of drug-likeness (QED) is 0.522. The Morgan fingerprint density at radius 3 is 2.22 bits per heavy atom. The van der Waals surface area contributed by atoms with Crippen LogP contribution in [-0.4, -0.2) is 59.7 Å². The lowest BCUT2D eigenvalue weighted by molar-refractivity contribution is -0.158. The number of esters is 1. The van der Waals surface area contributed by atoms with Crippen molar-refractivity contribution in [1.29, 1.82) is 5.26 Å².